The second-order valence-electron chi connectivity index (χ2n) is 11.2. The zero-order valence-corrected chi connectivity index (χ0v) is 23.2. The van der Waals surface area contributed by atoms with E-state index in [0.29, 0.717) is 17.8 Å². The Kier molecular flexibility index (Phi) is 6.03. The molecule has 2 aromatic carbocycles. The van der Waals surface area contributed by atoms with Gasteiger partial charge in [0.05, 0.1) is 17.4 Å². The monoisotopic (exact) mass is 553 g/mol. The molecule has 0 amide bonds. The third kappa shape index (κ3) is 4.33. The van der Waals surface area contributed by atoms with E-state index in [9.17, 15) is 0 Å². The Labute approximate surface area is 243 Å². The number of hydrogen-bond donors (Lipinski definition) is 1. The first-order valence-corrected chi connectivity index (χ1v) is 14.6. The van der Waals surface area contributed by atoms with Crippen molar-refractivity contribution in [3.8, 4) is 22.5 Å². The highest BCUT2D eigenvalue weighted by Crippen LogP contribution is 2.42. The van der Waals surface area contributed by atoms with E-state index in [0.717, 1.165) is 89.6 Å². The van der Waals surface area contributed by atoms with Crippen LogP contribution >= 0.6 is 0 Å². The van der Waals surface area contributed by atoms with E-state index in [2.05, 4.69) is 71.6 Å². The normalized spacial score (nSPS) is 19.3. The number of fused-ring (bicyclic) bond motifs is 2. The topological polar surface area (TPSA) is 101 Å². The van der Waals surface area contributed by atoms with E-state index in [1.807, 2.05) is 30.6 Å². The summed E-state index contributed by atoms with van der Waals surface area (Å²) in [6.45, 7) is 4.02. The van der Waals surface area contributed by atoms with E-state index < -0.39 is 0 Å². The molecule has 8 rings (SSSR count). The largest absolute Gasteiger partial charge is 0.382 e. The number of imidazole rings is 1. The molecule has 2 fully saturated rings. The number of rotatable bonds is 5. The van der Waals surface area contributed by atoms with Crippen molar-refractivity contribution in [1.29, 1.82) is 0 Å². The van der Waals surface area contributed by atoms with Crippen LogP contribution in [0.15, 0.2) is 91.6 Å². The molecule has 0 radical (unpaired) electrons. The number of anilines is 2. The predicted molar refractivity (Wildman–Crippen MR) is 165 cm³/mol. The Morgan fingerprint density at radius 1 is 0.786 bits per heavy atom. The van der Waals surface area contributed by atoms with Crippen molar-refractivity contribution < 1.29 is 0 Å². The van der Waals surface area contributed by atoms with Crippen LogP contribution in [-0.2, 0) is 0 Å². The number of benzene rings is 2. The molecule has 9 nitrogen and oxygen atoms in total. The van der Waals surface area contributed by atoms with Crippen LogP contribution in [0.3, 0.4) is 0 Å². The van der Waals surface area contributed by atoms with Crippen LogP contribution in [-0.4, -0.2) is 66.4 Å². The number of pyridine rings is 1. The van der Waals surface area contributed by atoms with Gasteiger partial charge in [-0.05, 0) is 25.0 Å². The minimum absolute atomic E-state index is 0.374. The summed E-state index contributed by atoms with van der Waals surface area (Å²) >= 11 is 0. The minimum Gasteiger partial charge on any atom is -0.382 e. The summed E-state index contributed by atoms with van der Waals surface area (Å²) in [5, 5.41) is 1.09. The summed E-state index contributed by atoms with van der Waals surface area (Å²) in [6, 6.07) is 21.4. The number of nitrogens with zero attached hydrogens (tertiary/aromatic N) is 8. The van der Waals surface area contributed by atoms with Gasteiger partial charge in [-0.3, -0.25) is 14.3 Å². The zero-order valence-electron chi connectivity index (χ0n) is 23.2. The van der Waals surface area contributed by atoms with Gasteiger partial charge in [-0.15, -0.1) is 0 Å². The maximum absolute atomic E-state index is 6.48. The quantitative estimate of drug-likeness (QED) is 0.317. The number of hydrogen-bond acceptors (Lipinski definition) is 8. The lowest BCUT2D eigenvalue weighted by Crippen LogP contribution is -2.54. The van der Waals surface area contributed by atoms with Crippen LogP contribution in [0.2, 0.25) is 0 Å². The number of aromatic nitrogens is 6. The van der Waals surface area contributed by atoms with Gasteiger partial charge in [0.15, 0.2) is 0 Å². The third-order valence-electron chi connectivity index (χ3n) is 8.83. The first-order valence-electron chi connectivity index (χ1n) is 14.6. The van der Waals surface area contributed by atoms with E-state index in [1.165, 1.54) is 0 Å². The Bertz CT molecular complexity index is 1870. The Hall–Kier alpha value is -4.89. The average Bonchev–Trinajstić information content (AvgIpc) is 3.41. The molecule has 1 aliphatic heterocycles. The molecular weight excluding hydrogens is 522 g/mol. The van der Waals surface area contributed by atoms with Crippen LogP contribution < -0.4 is 10.6 Å². The van der Waals surface area contributed by atoms with Crippen molar-refractivity contribution >= 4 is 28.1 Å². The molecule has 1 saturated carbocycles. The molecule has 0 spiro atoms. The molecule has 2 N–H and O–H groups in total. The molecule has 0 bridgehead atoms. The van der Waals surface area contributed by atoms with Gasteiger partial charge in [-0.1, -0.05) is 48.5 Å². The van der Waals surface area contributed by atoms with Gasteiger partial charge < -0.3 is 10.6 Å². The molecule has 6 aromatic rings. The maximum atomic E-state index is 6.48. The summed E-state index contributed by atoms with van der Waals surface area (Å²) in [7, 11) is 0. The summed E-state index contributed by atoms with van der Waals surface area (Å²) in [4.78, 5) is 28.3. The molecule has 1 aliphatic carbocycles. The second-order valence-corrected chi connectivity index (χ2v) is 11.2. The molecule has 0 atom stereocenters. The number of piperazine rings is 1. The molecule has 0 unspecified atom stereocenters. The Morgan fingerprint density at radius 2 is 1.62 bits per heavy atom. The first-order chi connectivity index (χ1) is 20.7. The molecule has 9 heteroatoms. The van der Waals surface area contributed by atoms with Gasteiger partial charge in [0.1, 0.15) is 28.7 Å². The van der Waals surface area contributed by atoms with Crippen LogP contribution in [0.1, 0.15) is 24.6 Å². The van der Waals surface area contributed by atoms with Crippen LogP contribution in [0, 0.1) is 0 Å². The van der Waals surface area contributed by atoms with Crippen molar-refractivity contribution in [1.82, 2.24) is 34.2 Å². The molecule has 4 aromatic heterocycles. The molecule has 42 heavy (non-hydrogen) atoms. The second kappa shape index (κ2) is 10.2. The fourth-order valence-corrected chi connectivity index (χ4v) is 6.48. The maximum Gasteiger partial charge on any atom is 0.150 e. The fraction of sp³-hybridized carbons (Fsp3) is 0.242. The lowest BCUT2D eigenvalue weighted by Gasteiger charge is -2.46. The van der Waals surface area contributed by atoms with Crippen molar-refractivity contribution in [2.45, 2.75) is 24.8 Å². The lowest BCUT2D eigenvalue weighted by atomic mass is 9.78. The highest BCUT2D eigenvalue weighted by molar-refractivity contribution is 5.91. The number of nitrogen functional groups attached to an aromatic ring is 1. The van der Waals surface area contributed by atoms with Crippen molar-refractivity contribution in [2.75, 3.05) is 36.8 Å². The third-order valence-corrected chi connectivity index (χ3v) is 8.83. The van der Waals surface area contributed by atoms with Crippen molar-refractivity contribution in [3.05, 3.63) is 97.5 Å². The molecule has 5 heterocycles. The lowest BCUT2D eigenvalue weighted by molar-refractivity contribution is 0.0992. The summed E-state index contributed by atoms with van der Waals surface area (Å²) < 4.78 is 2.16. The first kappa shape index (κ1) is 24.9. The summed E-state index contributed by atoms with van der Waals surface area (Å²) in [5.41, 5.74) is 12.2. The van der Waals surface area contributed by atoms with Gasteiger partial charge in [-0.25, -0.2) is 19.9 Å². The SMILES string of the molecule is Nc1nccn2c1c(-c1ccc3ccc(-c4ccccc4)nc3c1)nc2[C@H]1C[C@@H](N2CCN(c3cnccn3)CC2)C1. The average molecular weight is 554 g/mol. The van der Waals surface area contributed by atoms with Crippen LogP contribution in [0.25, 0.3) is 38.9 Å². The molecule has 208 valence electrons. The van der Waals surface area contributed by atoms with E-state index in [4.69, 9.17) is 15.7 Å². The van der Waals surface area contributed by atoms with E-state index in [1.54, 1.807) is 18.6 Å². The smallest absolute Gasteiger partial charge is 0.150 e. The van der Waals surface area contributed by atoms with Crippen molar-refractivity contribution in [2.24, 2.45) is 0 Å². The van der Waals surface area contributed by atoms with Crippen molar-refractivity contribution in [3.63, 3.8) is 0 Å². The summed E-state index contributed by atoms with van der Waals surface area (Å²) in [6.07, 6.45) is 11.3. The number of nitrogens with two attached hydrogens (primary N) is 1. The van der Waals surface area contributed by atoms with Crippen LogP contribution in [0.4, 0.5) is 11.6 Å². The minimum atomic E-state index is 0.374. The van der Waals surface area contributed by atoms with Gasteiger partial charge in [0.2, 0.25) is 0 Å². The highest BCUT2D eigenvalue weighted by atomic mass is 15.3. The Morgan fingerprint density at radius 3 is 2.43 bits per heavy atom. The Balaban J connectivity index is 1.06. The van der Waals surface area contributed by atoms with E-state index in [-0.39, 0.29) is 0 Å². The highest BCUT2D eigenvalue weighted by Gasteiger charge is 2.38. The fourth-order valence-electron chi connectivity index (χ4n) is 6.48. The molecule has 1 saturated heterocycles. The van der Waals surface area contributed by atoms with Gasteiger partial charge >= 0.3 is 0 Å². The van der Waals surface area contributed by atoms with Gasteiger partial charge in [0, 0.05) is 79.4 Å². The summed E-state index contributed by atoms with van der Waals surface area (Å²) in [5.74, 6) is 2.90. The van der Waals surface area contributed by atoms with Gasteiger partial charge in [0.25, 0.3) is 0 Å². The van der Waals surface area contributed by atoms with Gasteiger partial charge in [-0.2, -0.15) is 0 Å². The molecular formula is C33H31N9. The zero-order chi connectivity index (χ0) is 28.0. The van der Waals surface area contributed by atoms with Crippen LogP contribution in [0.5, 0.6) is 0 Å². The standard InChI is InChI=1S/C33H31N9/c34-32-31-30(24-7-6-23-8-9-27(38-28(23)20-24)22-4-2-1-3-5-22)39-33(42(31)13-12-37-32)25-18-26(19-25)40-14-16-41(17-15-40)29-21-35-10-11-36-29/h1-13,20-21,25-26H,14-19H2,(H2,34,37)/t25-,26+. The predicted octanol–water partition coefficient (Wildman–Crippen LogP) is 5.05. The van der Waals surface area contributed by atoms with E-state index >= 15 is 0 Å². The molecule has 2 aliphatic rings.